The summed E-state index contributed by atoms with van der Waals surface area (Å²) in [6.45, 7) is 0.994. The highest BCUT2D eigenvalue weighted by atomic mass is 35.5. The Labute approximate surface area is 124 Å². The van der Waals surface area contributed by atoms with Gasteiger partial charge in [0.2, 0.25) is 5.91 Å². The van der Waals surface area contributed by atoms with Crippen LogP contribution >= 0.6 is 12.4 Å². The van der Waals surface area contributed by atoms with Gasteiger partial charge in [0, 0.05) is 31.0 Å². The van der Waals surface area contributed by atoms with Crippen molar-refractivity contribution in [3.63, 3.8) is 0 Å². The van der Waals surface area contributed by atoms with Crippen molar-refractivity contribution in [3.8, 4) is 0 Å². The lowest BCUT2D eigenvalue weighted by atomic mass is 9.98. The number of nitrogens with zero attached hydrogens (tertiary/aromatic N) is 2. The largest absolute Gasteiger partial charge is 0.337 e. The minimum Gasteiger partial charge on any atom is -0.337 e. The fraction of sp³-hybridized carbons (Fsp3) is 0.333. The molecule has 0 saturated heterocycles. The van der Waals surface area contributed by atoms with Crippen LogP contribution in [0.5, 0.6) is 0 Å². The van der Waals surface area contributed by atoms with Gasteiger partial charge in [0.25, 0.3) is 0 Å². The second kappa shape index (κ2) is 6.57. The first kappa shape index (κ1) is 14.6. The van der Waals surface area contributed by atoms with E-state index in [1.54, 1.807) is 0 Å². The topological polar surface area (TPSA) is 46.9 Å². The molecule has 1 aliphatic rings. The minimum atomic E-state index is 0. The Bertz CT molecular complexity index is 581. The molecule has 20 heavy (non-hydrogen) atoms. The van der Waals surface area contributed by atoms with Crippen LogP contribution in [0.1, 0.15) is 24.0 Å². The molecule has 1 amide bonds. The molecule has 1 aromatic heterocycles. The van der Waals surface area contributed by atoms with Crippen LogP contribution in [-0.4, -0.2) is 15.5 Å². The molecule has 1 N–H and O–H groups in total. The first-order chi connectivity index (χ1) is 9.31. The van der Waals surface area contributed by atoms with Crippen molar-refractivity contribution in [3.05, 3.63) is 48.0 Å². The molecule has 1 aromatic carbocycles. The maximum Gasteiger partial charge on any atom is 0.224 e. The average Bonchev–Trinajstić information content (AvgIpc) is 2.92. The molecule has 2 aromatic rings. The highest BCUT2D eigenvalue weighted by Gasteiger charge is 2.14. The van der Waals surface area contributed by atoms with Crippen LogP contribution in [-0.2, 0) is 24.2 Å². The smallest absolute Gasteiger partial charge is 0.224 e. The highest BCUT2D eigenvalue weighted by molar-refractivity contribution is 5.93. The van der Waals surface area contributed by atoms with Crippen LogP contribution < -0.4 is 5.32 Å². The maximum absolute atomic E-state index is 11.3. The van der Waals surface area contributed by atoms with E-state index in [4.69, 9.17) is 0 Å². The Morgan fingerprint density at radius 1 is 1.30 bits per heavy atom. The number of rotatable bonds is 4. The summed E-state index contributed by atoms with van der Waals surface area (Å²) >= 11 is 0. The third-order valence-electron chi connectivity index (χ3n) is 3.51. The summed E-state index contributed by atoms with van der Waals surface area (Å²) in [6, 6.07) is 6.36. The maximum atomic E-state index is 11.3. The molecule has 0 saturated carbocycles. The third kappa shape index (κ3) is 3.39. The molecular formula is C15H18ClN3O. The van der Waals surface area contributed by atoms with E-state index in [2.05, 4.69) is 27.0 Å². The first-order valence-electron chi connectivity index (χ1n) is 6.69. The number of carbonyl (C=O) groups is 1. The van der Waals surface area contributed by atoms with Crippen molar-refractivity contribution in [2.75, 3.05) is 5.32 Å². The lowest BCUT2D eigenvalue weighted by molar-refractivity contribution is -0.116. The van der Waals surface area contributed by atoms with E-state index in [9.17, 15) is 4.79 Å². The highest BCUT2D eigenvalue weighted by Crippen LogP contribution is 2.24. The van der Waals surface area contributed by atoms with Gasteiger partial charge >= 0.3 is 0 Å². The van der Waals surface area contributed by atoms with Crippen LogP contribution in [0.4, 0.5) is 5.69 Å². The Balaban J connectivity index is 0.00000147. The molecule has 4 nitrogen and oxygen atoms in total. The van der Waals surface area contributed by atoms with Crippen molar-refractivity contribution in [2.45, 2.75) is 32.2 Å². The number of carbonyl (C=O) groups excluding carboxylic acids is 1. The number of aryl methyl sites for hydroxylation is 3. The molecule has 0 unspecified atom stereocenters. The molecule has 0 spiro atoms. The zero-order valence-corrected chi connectivity index (χ0v) is 12.0. The molecule has 106 valence electrons. The van der Waals surface area contributed by atoms with Gasteiger partial charge in [0.1, 0.15) is 0 Å². The van der Waals surface area contributed by atoms with E-state index in [1.165, 1.54) is 11.1 Å². The van der Waals surface area contributed by atoms with Crippen LogP contribution in [0.3, 0.4) is 0 Å². The Morgan fingerprint density at radius 3 is 3.00 bits per heavy atom. The number of hydrogen-bond donors (Lipinski definition) is 1. The number of hydrogen-bond acceptors (Lipinski definition) is 2. The second-order valence-corrected chi connectivity index (χ2v) is 4.94. The summed E-state index contributed by atoms with van der Waals surface area (Å²) in [5.41, 5.74) is 3.59. The summed E-state index contributed by atoms with van der Waals surface area (Å²) in [4.78, 5) is 15.3. The molecule has 3 rings (SSSR count). The van der Waals surface area contributed by atoms with Crippen molar-refractivity contribution in [2.24, 2.45) is 0 Å². The number of anilines is 1. The minimum absolute atomic E-state index is 0. The van der Waals surface area contributed by atoms with Crippen molar-refractivity contribution in [1.82, 2.24) is 9.55 Å². The number of benzene rings is 1. The number of fused-ring (bicyclic) bond motifs is 1. The molecule has 0 bridgehead atoms. The molecule has 1 aliphatic heterocycles. The van der Waals surface area contributed by atoms with Gasteiger partial charge in [-0.1, -0.05) is 12.1 Å². The molecule has 5 heteroatoms. The summed E-state index contributed by atoms with van der Waals surface area (Å²) in [7, 11) is 0. The Hall–Kier alpha value is -1.81. The standard InChI is InChI=1S/C15H17N3O.ClH/c19-15-6-4-13-10-12(3-5-14(13)17-15)2-1-8-18-9-7-16-11-18;/h3,5,7,9-11H,1-2,4,6,8H2,(H,17,19);1H. The van der Waals surface area contributed by atoms with E-state index >= 15 is 0 Å². The number of aromatic nitrogens is 2. The molecule has 0 aliphatic carbocycles. The fourth-order valence-corrected chi connectivity index (χ4v) is 2.48. The molecule has 0 atom stereocenters. The van der Waals surface area contributed by atoms with Gasteiger partial charge in [-0.3, -0.25) is 4.79 Å². The zero-order valence-electron chi connectivity index (χ0n) is 11.2. The van der Waals surface area contributed by atoms with Crippen LogP contribution in [0.2, 0.25) is 0 Å². The second-order valence-electron chi connectivity index (χ2n) is 4.94. The van der Waals surface area contributed by atoms with Crippen LogP contribution in [0, 0.1) is 0 Å². The molecular weight excluding hydrogens is 274 g/mol. The van der Waals surface area contributed by atoms with Gasteiger partial charge in [0.05, 0.1) is 6.33 Å². The van der Waals surface area contributed by atoms with Gasteiger partial charge in [-0.15, -0.1) is 12.4 Å². The van der Waals surface area contributed by atoms with Crippen LogP contribution in [0.15, 0.2) is 36.9 Å². The predicted octanol–water partition coefficient (Wildman–Crippen LogP) is 2.82. The Morgan fingerprint density at radius 2 is 2.20 bits per heavy atom. The van der Waals surface area contributed by atoms with E-state index in [-0.39, 0.29) is 18.3 Å². The van der Waals surface area contributed by atoms with Crippen molar-refractivity contribution in [1.29, 1.82) is 0 Å². The van der Waals surface area contributed by atoms with Gasteiger partial charge in [-0.25, -0.2) is 4.98 Å². The van der Waals surface area contributed by atoms with Gasteiger partial charge in [-0.2, -0.15) is 0 Å². The van der Waals surface area contributed by atoms with E-state index in [0.29, 0.717) is 6.42 Å². The third-order valence-corrected chi connectivity index (χ3v) is 3.51. The quantitative estimate of drug-likeness (QED) is 0.941. The number of nitrogens with one attached hydrogen (secondary N) is 1. The van der Waals surface area contributed by atoms with Gasteiger partial charge < -0.3 is 9.88 Å². The summed E-state index contributed by atoms with van der Waals surface area (Å²) < 4.78 is 2.10. The first-order valence-corrected chi connectivity index (χ1v) is 6.69. The summed E-state index contributed by atoms with van der Waals surface area (Å²) in [5, 5.41) is 2.91. The number of imidazole rings is 1. The number of amides is 1. The zero-order chi connectivity index (χ0) is 13.1. The fourth-order valence-electron chi connectivity index (χ4n) is 2.48. The normalized spacial score (nSPS) is 13.3. The molecule has 2 heterocycles. The monoisotopic (exact) mass is 291 g/mol. The van der Waals surface area contributed by atoms with Crippen molar-refractivity contribution >= 4 is 24.0 Å². The van der Waals surface area contributed by atoms with Gasteiger partial charge in [-0.05, 0) is 36.5 Å². The Kier molecular flexibility index (Phi) is 4.79. The summed E-state index contributed by atoms with van der Waals surface area (Å²) in [6.07, 6.45) is 9.26. The van der Waals surface area contributed by atoms with E-state index < -0.39 is 0 Å². The van der Waals surface area contributed by atoms with Crippen molar-refractivity contribution < 1.29 is 4.79 Å². The summed E-state index contributed by atoms with van der Waals surface area (Å²) in [5.74, 6) is 0.125. The predicted molar refractivity (Wildman–Crippen MR) is 81.2 cm³/mol. The lowest BCUT2D eigenvalue weighted by Gasteiger charge is -2.17. The van der Waals surface area contributed by atoms with Crippen LogP contribution in [0.25, 0.3) is 0 Å². The molecule has 0 fully saturated rings. The average molecular weight is 292 g/mol. The van der Waals surface area contributed by atoms with E-state index in [1.807, 2.05) is 24.8 Å². The lowest BCUT2D eigenvalue weighted by Crippen LogP contribution is -2.18. The SMILES string of the molecule is Cl.O=C1CCc2cc(CCCn3ccnc3)ccc2N1. The van der Waals surface area contributed by atoms with E-state index in [0.717, 1.165) is 31.5 Å². The van der Waals surface area contributed by atoms with Gasteiger partial charge in [0.15, 0.2) is 0 Å². The number of halogens is 1. The molecule has 0 radical (unpaired) electrons.